The maximum absolute atomic E-state index is 11.5. The maximum Gasteiger partial charge on any atom is 0.313 e. The summed E-state index contributed by atoms with van der Waals surface area (Å²) in [7, 11) is 0. The first-order valence-corrected chi connectivity index (χ1v) is 6.96. The van der Waals surface area contributed by atoms with Crippen LogP contribution in [-0.4, -0.2) is 12.6 Å². The van der Waals surface area contributed by atoms with Gasteiger partial charge in [-0.3, -0.25) is 4.79 Å². The topological polar surface area (TPSA) is 39.4 Å². The third-order valence-corrected chi connectivity index (χ3v) is 3.18. The zero-order valence-electron chi connectivity index (χ0n) is 12.0. The lowest BCUT2D eigenvalue weighted by molar-refractivity contribution is -0.142. The summed E-state index contributed by atoms with van der Waals surface area (Å²) in [4.78, 5) is 11.5. The number of rotatable bonds is 6. The summed E-state index contributed by atoms with van der Waals surface area (Å²) in [5.41, 5.74) is 2.30. The van der Waals surface area contributed by atoms with Crippen molar-refractivity contribution in [2.24, 2.45) is 0 Å². The first-order valence-electron chi connectivity index (χ1n) is 6.96. The van der Waals surface area contributed by atoms with Crippen LogP contribution in [0.5, 0.6) is 0 Å². The van der Waals surface area contributed by atoms with E-state index in [-0.39, 0.29) is 12.4 Å². The van der Waals surface area contributed by atoms with Gasteiger partial charge in [-0.1, -0.05) is 30.3 Å². The highest BCUT2D eigenvalue weighted by Gasteiger charge is 2.12. The van der Waals surface area contributed by atoms with Gasteiger partial charge in [0.15, 0.2) is 0 Å². The predicted octanol–water partition coefficient (Wildman–Crippen LogP) is 3.48. The number of aryl methyl sites for hydroxylation is 3. The molecule has 1 aromatic carbocycles. The van der Waals surface area contributed by atoms with Crippen molar-refractivity contribution < 1.29 is 13.9 Å². The molecule has 3 heteroatoms. The van der Waals surface area contributed by atoms with Crippen molar-refractivity contribution in [3.63, 3.8) is 0 Å². The van der Waals surface area contributed by atoms with Gasteiger partial charge in [0.25, 0.3) is 0 Å². The van der Waals surface area contributed by atoms with E-state index in [1.807, 2.05) is 31.2 Å². The first kappa shape index (κ1) is 14.4. The molecule has 0 radical (unpaired) electrons. The van der Waals surface area contributed by atoms with Crippen molar-refractivity contribution in [3.8, 4) is 0 Å². The van der Waals surface area contributed by atoms with Crippen LogP contribution in [0.15, 0.2) is 40.8 Å². The Kier molecular flexibility index (Phi) is 4.99. The van der Waals surface area contributed by atoms with Crippen LogP contribution in [0.4, 0.5) is 0 Å². The Morgan fingerprint density at radius 1 is 1.20 bits per heavy atom. The average Bonchev–Trinajstić information content (AvgIpc) is 2.78. The molecule has 0 N–H and O–H groups in total. The minimum atomic E-state index is -0.237. The minimum Gasteiger partial charge on any atom is -0.466 e. The Hall–Kier alpha value is -2.03. The molecule has 0 saturated carbocycles. The summed E-state index contributed by atoms with van der Waals surface area (Å²) in [5, 5.41) is 0. The zero-order chi connectivity index (χ0) is 14.4. The van der Waals surface area contributed by atoms with Gasteiger partial charge in [0.05, 0.1) is 6.61 Å². The average molecular weight is 272 g/mol. The van der Waals surface area contributed by atoms with E-state index < -0.39 is 0 Å². The van der Waals surface area contributed by atoms with E-state index in [2.05, 4.69) is 12.1 Å². The van der Waals surface area contributed by atoms with Crippen LogP contribution >= 0.6 is 0 Å². The molecule has 0 spiro atoms. The smallest absolute Gasteiger partial charge is 0.313 e. The first-order chi connectivity index (χ1) is 9.69. The van der Waals surface area contributed by atoms with Crippen LogP contribution in [0.2, 0.25) is 0 Å². The third-order valence-electron chi connectivity index (χ3n) is 3.18. The van der Waals surface area contributed by atoms with Gasteiger partial charge in [0.2, 0.25) is 0 Å². The molecule has 0 aliphatic carbocycles. The molecule has 0 aliphatic rings. The number of hydrogen-bond donors (Lipinski definition) is 0. The van der Waals surface area contributed by atoms with Crippen molar-refractivity contribution in [3.05, 3.63) is 59.0 Å². The van der Waals surface area contributed by atoms with Gasteiger partial charge in [0, 0.05) is 6.42 Å². The lowest BCUT2D eigenvalue weighted by Gasteiger charge is -2.00. The fourth-order valence-corrected chi connectivity index (χ4v) is 2.14. The SMILES string of the molecule is CCOC(=O)Cc1oc(CCc2ccccc2)cc1C. The van der Waals surface area contributed by atoms with Crippen molar-refractivity contribution >= 4 is 5.97 Å². The van der Waals surface area contributed by atoms with Crippen molar-refractivity contribution in [2.75, 3.05) is 6.61 Å². The molecule has 0 atom stereocenters. The Bertz CT molecular complexity index is 555. The highest BCUT2D eigenvalue weighted by Crippen LogP contribution is 2.17. The van der Waals surface area contributed by atoms with E-state index in [9.17, 15) is 4.79 Å². The van der Waals surface area contributed by atoms with Crippen molar-refractivity contribution in [1.82, 2.24) is 0 Å². The minimum absolute atomic E-state index is 0.213. The van der Waals surface area contributed by atoms with Gasteiger partial charge in [-0.15, -0.1) is 0 Å². The Balaban J connectivity index is 1.95. The monoisotopic (exact) mass is 272 g/mol. The second-order valence-corrected chi connectivity index (χ2v) is 4.79. The molecular weight excluding hydrogens is 252 g/mol. The van der Waals surface area contributed by atoms with Crippen LogP contribution in [0.1, 0.15) is 29.6 Å². The highest BCUT2D eigenvalue weighted by molar-refractivity contribution is 5.72. The lowest BCUT2D eigenvalue weighted by Crippen LogP contribution is -2.07. The Morgan fingerprint density at radius 3 is 2.65 bits per heavy atom. The van der Waals surface area contributed by atoms with Gasteiger partial charge in [-0.2, -0.15) is 0 Å². The Morgan fingerprint density at radius 2 is 1.95 bits per heavy atom. The molecule has 1 heterocycles. The summed E-state index contributed by atoms with van der Waals surface area (Å²) in [6, 6.07) is 12.3. The maximum atomic E-state index is 11.5. The second-order valence-electron chi connectivity index (χ2n) is 4.79. The van der Waals surface area contributed by atoms with Crippen LogP contribution in [0, 0.1) is 6.92 Å². The largest absolute Gasteiger partial charge is 0.466 e. The number of ether oxygens (including phenoxy) is 1. The van der Waals surface area contributed by atoms with Crippen LogP contribution in [0.25, 0.3) is 0 Å². The summed E-state index contributed by atoms with van der Waals surface area (Å²) in [6.45, 7) is 4.17. The van der Waals surface area contributed by atoms with Crippen LogP contribution < -0.4 is 0 Å². The third kappa shape index (κ3) is 3.98. The molecule has 106 valence electrons. The lowest BCUT2D eigenvalue weighted by atomic mass is 10.1. The molecule has 2 aromatic rings. The van der Waals surface area contributed by atoms with E-state index in [1.165, 1.54) is 5.56 Å². The summed E-state index contributed by atoms with van der Waals surface area (Å²) in [5.74, 6) is 1.40. The van der Waals surface area contributed by atoms with Gasteiger partial charge < -0.3 is 9.15 Å². The zero-order valence-corrected chi connectivity index (χ0v) is 12.0. The quantitative estimate of drug-likeness (QED) is 0.756. The molecule has 20 heavy (non-hydrogen) atoms. The molecule has 0 unspecified atom stereocenters. The van der Waals surface area contributed by atoms with Crippen molar-refractivity contribution in [1.29, 1.82) is 0 Å². The molecule has 0 fully saturated rings. The highest BCUT2D eigenvalue weighted by atomic mass is 16.5. The van der Waals surface area contributed by atoms with Gasteiger partial charge in [-0.25, -0.2) is 0 Å². The van der Waals surface area contributed by atoms with E-state index in [4.69, 9.17) is 9.15 Å². The number of benzene rings is 1. The van der Waals surface area contributed by atoms with Crippen LogP contribution in [0.3, 0.4) is 0 Å². The summed E-state index contributed by atoms with van der Waals surface area (Å²) in [6.07, 6.45) is 1.99. The normalized spacial score (nSPS) is 10.5. The molecule has 3 nitrogen and oxygen atoms in total. The molecule has 2 rings (SSSR count). The standard InChI is InChI=1S/C17H20O3/c1-3-19-17(18)12-16-13(2)11-15(20-16)10-9-14-7-5-4-6-8-14/h4-8,11H,3,9-10,12H2,1-2H3. The molecule has 0 bridgehead atoms. The summed E-state index contributed by atoms with van der Waals surface area (Å²) < 4.78 is 10.7. The predicted molar refractivity (Wildman–Crippen MR) is 77.6 cm³/mol. The van der Waals surface area contributed by atoms with Gasteiger partial charge in [0.1, 0.15) is 17.9 Å². The van der Waals surface area contributed by atoms with E-state index >= 15 is 0 Å². The number of carbonyl (C=O) groups is 1. The summed E-state index contributed by atoms with van der Waals surface area (Å²) >= 11 is 0. The molecular formula is C17H20O3. The molecule has 0 aliphatic heterocycles. The van der Waals surface area contributed by atoms with Gasteiger partial charge >= 0.3 is 5.97 Å². The number of esters is 1. The number of carbonyl (C=O) groups excluding carboxylic acids is 1. The molecule has 1 aromatic heterocycles. The molecule has 0 amide bonds. The second kappa shape index (κ2) is 6.94. The fraction of sp³-hybridized carbons (Fsp3) is 0.353. The van der Waals surface area contributed by atoms with E-state index in [0.29, 0.717) is 12.4 Å². The Labute approximate surface area is 119 Å². The van der Waals surface area contributed by atoms with Gasteiger partial charge in [-0.05, 0) is 37.5 Å². The van der Waals surface area contributed by atoms with Crippen molar-refractivity contribution in [2.45, 2.75) is 33.1 Å². The van der Waals surface area contributed by atoms with E-state index in [1.54, 1.807) is 6.92 Å². The molecule has 0 saturated heterocycles. The number of furan rings is 1. The number of hydrogen-bond acceptors (Lipinski definition) is 3. The fourth-order valence-electron chi connectivity index (χ4n) is 2.14. The van der Waals surface area contributed by atoms with Crippen LogP contribution in [-0.2, 0) is 28.8 Å². The van der Waals surface area contributed by atoms with E-state index in [0.717, 1.165) is 24.2 Å².